The second-order valence-electron chi connectivity index (χ2n) is 6.44. The Morgan fingerprint density at radius 3 is 2.44 bits per heavy atom. The van der Waals surface area contributed by atoms with Crippen molar-refractivity contribution in [3.63, 3.8) is 0 Å². The van der Waals surface area contributed by atoms with Crippen LogP contribution in [-0.2, 0) is 12.0 Å². The smallest absolute Gasteiger partial charge is 0.226 e. The van der Waals surface area contributed by atoms with Crippen LogP contribution in [0.3, 0.4) is 0 Å². The van der Waals surface area contributed by atoms with Crippen molar-refractivity contribution >= 4 is 12.4 Å². The number of nitrogens with zero attached hydrogens (tertiary/aromatic N) is 2. The second kappa shape index (κ2) is 5.57. The van der Waals surface area contributed by atoms with Crippen LogP contribution >= 0.6 is 12.4 Å². The average Bonchev–Trinajstić information content (AvgIpc) is 2.83. The molecule has 18 heavy (non-hydrogen) atoms. The Morgan fingerprint density at radius 1 is 1.28 bits per heavy atom. The molecule has 1 saturated carbocycles. The van der Waals surface area contributed by atoms with Gasteiger partial charge < -0.3 is 10.3 Å². The molecule has 1 aliphatic carbocycles. The maximum Gasteiger partial charge on any atom is 0.226 e. The fourth-order valence-corrected chi connectivity index (χ4v) is 2.27. The van der Waals surface area contributed by atoms with Crippen molar-refractivity contribution in [1.29, 1.82) is 0 Å². The average molecular weight is 274 g/mol. The number of nitrogens with two attached hydrogens (primary N) is 1. The van der Waals surface area contributed by atoms with Gasteiger partial charge >= 0.3 is 0 Å². The Balaban J connectivity index is 0.00000162. The number of aryl methyl sites for hydroxylation is 1. The third-order valence-corrected chi connectivity index (χ3v) is 3.50. The molecular formula is C13H24ClN3O. The molecule has 0 unspecified atom stereocenters. The van der Waals surface area contributed by atoms with E-state index in [1.54, 1.807) is 0 Å². The molecule has 1 aromatic rings. The molecule has 2 N–H and O–H groups in total. The first kappa shape index (κ1) is 15.4. The largest absolute Gasteiger partial charge is 0.339 e. The zero-order chi connectivity index (χ0) is 12.5. The van der Waals surface area contributed by atoms with Gasteiger partial charge in [0.2, 0.25) is 5.89 Å². The molecule has 104 valence electrons. The lowest BCUT2D eigenvalue weighted by atomic mass is 9.90. The molecule has 5 heteroatoms. The van der Waals surface area contributed by atoms with Crippen LogP contribution in [0, 0.1) is 5.41 Å². The molecule has 0 aromatic carbocycles. The van der Waals surface area contributed by atoms with Crippen molar-refractivity contribution < 1.29 is 4.52 Å². The third-order valence-electron chi connectivity index (χ3n) is 3.50. The van der Waals surface area contributed by atoms with Gasteiger partial charge in [0.25, 0.3) is 0 Å². The Labute approximate surface area is 115 Å². The highest BCUT2D eigenvalue weighted by atomic mass is 35.5. The fourth-order valence-electron chi connectivity index (χ4n) is 2.27. The molecule has 4 nitrogen and oxygen atoms in total. The van der Waals surface area contributed by atoms with Gasteiger partial charge in [-0.05, 0) is 24.7 Å². The molecule has 0 aliphatic heterocycles. The summed E-state index contributed by atoms with van der Waals surface area (Å²) in [4.78, 5) is 4.46. The zero-order valence-corrected chi connectivity index (χ0v) is 12.3. The van der Waals surface area contributed by atoms with Crippen LogP contribution in [0.5, 0.6) is 0 Å². The summed E-state index contributed by atoms with van der Waals surface area (Å²) in [5.74, 6) is 1.44. The lowest BCUT2D eigenvalue weighted by Crippen LogP contribution is -2.34. The molecule has 2 rings (SSSR count). The quantitative estimate of drug-likeness (QED) is 0.918. The fraction of sp³-hybridized carbons (Fsp3) is 0.846. The molecule has 0 atom stereocenters. The van der Waals surface area contributed by atoms with Crippen LogP contribution in [0.15, 0.2) is 4.52 Å². The van der Waals surface area contributed by atoms with Gasteiger partial charge in [0.15, 0.2) is 5.82 Å². The summed E-state index contributed by atoms with van der Waals surface area (Å²) in [5, 5.41) is 4.06. The van der Waals surface area contributed by atoms with Crippen LogP contribution in [0.25, 0.3) is 0 Å². The number of rotatable bonds is 3. The summed E-state index contributed by atoms with van der Waals surface area (Å²) in [5.41, 5.74) is 6.25. The molecular weight excluding hydrogens is 250 g/mol. The van der Waals surface area contributed by atoms with Gasteiger partial charge in [-0.25, -0.2) is 0 Å². The van der Waals surface area contributed by atoms with E-state index in [2.05, 4.69) is 30.9 Å². The minimum Gasteiger partial charge on any atom is -0.339 e. The highest BCUT2D eigenvalue weighted by molar-refractivity contribution is 5.85. The minimum absolute atomic E-state index is 0. The van der Waals surface area contributed by atoms with Gasteiger partial charge in [0, 0.05) is 6.42 Å². The number of aromatic nitrogens is 2. The van der Waals surface area contributed by atoms with E-state index >= 15 is 0 Å². The Kier molecular flexibility index (Phi) is 4.78. The molecule has 1 aromatic heterocycles. The van der Waals surface area contributed by atoms with Gasteiger partial charge in [-0.1, -0.05) is 38.8 Å². The van der Waals surface area contributed by atoms with Gasteiger partial charge in [0.05, 0.1) is 5.54 Å². The van der Waals surface area contributed by atoms with Crippen LogP contribution in [0.2, 0.25) is 0 Å². The monoisotopic (exact) mass is 273 g/mol. The van der Waals surface area contributed by atoms with Crippen molar-refractivity contribution in [3.8, 4) is 0 Å². The normalized spacial score (nSPS) is 18.7. The van der Waals surface area contributed by atoms with Gasteiger partial charge in [-0.2, -0.15) is 4.98 Å². The molecule has 1 fully saturated rings. The van der Waals surface area contributed by atoms with Crippen LogP contribution in [0.4, 0.5) is 0 Å². The van der Waals surface area contributed by atoms with Crippen LogP contribution < -0.4 is 5.73 Å². The highest BCUT2D eigenvalue weighted by Crippen LogP contribution is 2.34. The maximum atomic E-state index is 6.29. The molecule has 0 amide bonds. The molecule has 0 spiro atoms. The van der Waals surface area contributed by atoms with Crippen molar-refractivity contribution in [2.24, 2.45) is 11.1 Å². The van der Waals surface area contributed by atoms with Gasteiger partial charge in [-0.3, -0.25) is 0 Å². The summed E-state index contributed by atoms with van der Waals surface area (Å²) in [7, 11) is 0. The Hall–Kier alpha value is -0.610. The maximum absolute atomic E-state index is 6.29. The van der Waals surface area contributed by atoms with E-state index in [0.29, 0.717) is 11.2 Å². The number of hydrogen-bond acceptors (Lipinski definition) is 4. The van der Waals surface area contributed by atoms with E-state index in [0.717, 1.165) is 31.6 Å². The van der Waals surface area contributed by atoms with Crippen molar-refractivity contribution in [2.75, 3.05) is 0 Å². The standard InChI is InChI=1S/C13H23N3O.ClH/c1-12(2,3)9-6-10-15-11(16-17-10)13(14)7-4-5-8-13;/h4-9,14H2,1-3H3;1H. The predicted octanol–water partition coefficient (Wildman–Crippen LogP) is 3.20. The SMILES string of the molecule is CC(C)(C)CCc1nc(C2(N)CCCC2)no1.Cl. The van der Waals surface area contributed by atoms with E-state index in [-0.39, 0.29) is 17.9 Å². The van der Waals surface area contributed by atoms with Crippen molar-refractivity contribution in [2.45, 2.75) is 64.8 Å². The second-order valence-corrected chi connectivity index (χ2v) is 6.44. The number of hydrogen-bond donors (Lipinski definition) is 1. The first-order valence-electron chi connectivity index (χ1n) is 6.51. The molecule has 0 saturated heterocycles. The van der Waals surface area contributed by atoms with E-state index in [4.69, 9.17) is 10.3 Å². The molecule has 1 heterocycles. The summed E-state index contributed by atoms with van der Waals surface area (Å²) in [6.45, 7) is 6.64. The van der Waals surface area contributed by atoms with Gasteiger partial charge in [-0.15, -0.1) is 12.4 Å². The van der Waals surface area contributed by atoms with Crippen molar-refractivity contribution in [1.82, 2.24) is 10.1 Å². The first-order chi connectivity index (χ1) is 7.89. The lowest BCUT2D eigenvalue weighted by molar-refractivity contribution is 0.319. The first-order valence-corrected chi connectivity index (χ1v) is 6.51. The topological polar surface area (TPSA) is 64.9 Å². The van der Waals surface area contributed by atoms with E-state index in [9.17, 15) is 0 Å². The molecule has 0 bridgehead atoms. The third kappa shape index (κ3) is 3.69. The lowest BCUT2D eigenvalue weighted by Gasteiger charge is -2.18. The summed E-state index contributed by atoms with van der Waals surface area (Å²) >= 11 is 0. The Morgan fingerprint density at radius 2 is 1.89 bits per heavy atom. The summed E-state index contributed by atoms with van der Waals surface area (Å²) < 4.78 is 5.30. The van der Waals surface area contributed by atoms with E-state index in [1.165, 1.54) is 12.8 Å². The predicted molar refractivity (Wildman–Crippen MR) is 73.7 cm³/mol. The molecule has 1 aliphatic rings. The van der Waals surface area contributed by atoms with Crippen molar-refractivity contribution in [3.05, 3.63) is 11.7 Å². The van der Waals surface area contributed by atoms with E-state index in [1.807, 2.05) is 0 Å². The summed E-state index contributed by atoms with van der Waals surface area (Å²) in [6.07, 6.45) is 6.18. The van der Waals surface area contributed by atoms with Crippen LogP contribution in [0.1, 0.15) is 64.6 Å². The Bertz CT molecular complexity index is 378. The highest BCUT2D eigenvalue weighted by Gasteiger charge is 2.35. The zero-order valence-electron chi connectivity index (χ0n) is 11.5. The molecule has 0 radical (unpaired) electrons. The van der Waals surface area contributed by atoms with Gasteiger partial charge in [0.1, 0.15) is 0 Å². The van der Waals surface area contributed by atoms with Crippen LogP contribution in [-0.4, -0.2) is 10.1 Å². The number of halogens is 1. The van der Waals surface area contributed by atoms with E-state index < -0.39 is 0 Å². The summed E-state index contributed by atoms with van der Waals surface area (Å²) in [6, 6.07) is 0. The minimum atomic E-state index is -0.330.